The van der Waals surface area contributed by atoms with Crippen LogP contribution in [0.15, 0.2) is 59.6 Å². The Hall–Kier alpha value is -5.12. The van der Waals surface area contributed by atoms with Crippen molar-refractivity contribution in [1.29, 1.82) is 0 Å². The molecule has 1 fully saturated rings. The fourth-order valence-electron chi connectivity index (χ4n) is 7.31. The van der Waals surface area contributed by atoms with Gasteiger partial charge in [0.15, 0.2) is 5.65 Å². The lowest BCUT2D eigenvalue weighted by Crippen LogP contribution is -2.46. The summed E-state index contributed by atoms with van der Waals surface area (Å²) in [4.78, 5) is 30.5. The van der Waals surface area contributed by atoms with E-state index in [9.17, 15) is 18.3 Å². The van der Waals surface area contributed by atoms with Gasteiger partial charge in [0.2, 0.25) is 11.7 Å². The van der Waals surface area contributed by atoms with Crippen molar-refractivity contribution in [2.75, 3.05) is 18.4 Å². The van der Waals surface area contributed by atoms with Crippen LogP contribution in [0.1, 0.15) is 92.8 Å². The molecule has 2 aromatic carbocycles. The fraction of sp³-hybridized carbons (Fsp3) is 0.439. The Morgan fingerprint density at radius 3 is 2.43 bits per heavy atom. The topological polar surface area (TPSA) is 180 Å². The summed E-state index contributed by atoms with van der Waals surface area (Å²) in [7, 11) is -0.826. The van der Waals surface area contributed by atoms with Crippen LogP contribution in [-0.4, -0.2) is 76.0 Å². The molecule has 0 spiro atoms. The number of nitrogens with one attached hydrogen (secondary N) is 2. The highest BCUT2D eigenvalue weighted by atomic mass is 32.2. The molecule has 1 saturated heterocycles. The van der Waals surface area contributed by atoms with Crippen LogP contribution in [-0.2, 0) is 27.2 Å². The van der Waals surface area contributed by atoms with Crippen molar-refractivity contribution < 1.29 is 32.5 Å². The number of nitrogens with zero attached hydrogens (tertiary/aromatic N) is 5. The fourth-order valence-corrected chi connectivity index (χ4v) is 8.30. The molecular formula is C41H51N7O7S. The Morgan fingerprint density at radius 1 is 1.05 bits per heavy atom. The average Bonchev–Trinajstić information content (AvgIpc) is 3.34. The Bertz CT molecular complexity index is 2330. The van der Waals surface area contributed by atoms with Crippen LogP contribution in [0.2, 0.25) is 0 Å². The highest BCUT2D eigenvalue weighted by molar-refractivity contribution is 7.92. The number of sulfonamides is 1. The first-order valence-electron chi connectivity index (χ1n) is 18.7. The molecule has 1 aliphatic rings. The van der Waals surface area contributed by atoms with E-state index in [0.29, 0.717) is 5.69 Å². The van der Waals surface area contributed by atoms with E-state index >= 15 is 0 Å². The van der Waals surface area contributed by atoms with E-state index in [1.54, 1.807) is 0 Å². The van der Waals surface area contributed by atoms with E-state index < -0.39 is 16.0 Å². The number of aryl methyl sites for hydroxylation is 3. The molecule has 3 N–H and O–H groups in total. The zero-order chi connectivity index (χ0) is 40.5. The Labute approximate surface area is 328 Å². The zero-order valence-corrected chi connectivity index (χ0v) is 34.2. The molecule has 0 saturated carbocycles. The molecule has 0 unspecified atom stereocenters. The molecule has 56 heavy (non-hydrogen) atoms. The first-order valence-corrected chi connectivity index (χ1v) is 20.2. The van der Waals surface area contributed by atoms with Crippen molar-refractivity contribution in [3.8, 4) is 22.9 Å². The first kappa shape index (κ1) is 40.5. The second kappa shape index (κ2) is 16.2. The highest BCUT2D eigenvalue weighted by Crippen LogP contribution is 2.40. The van der Waals surface area contributed by atoms with Crippen molar-refractivity contribution in [3.63, 3.8) is 0 Å². The van der Waals surface area contributed by atoms with Crippen LogP contribution >= 0.6 is 0 Å². The second-order valence-corrected chi connectivity index (χ2v) is 17.3. The highest BCUT2D eigenvalue weighted by Gasteiger charge is 2.33. The summed E-state index contributed by atoms with van der Waals surface area (Å²) in [6, 6.07) is 12.4. The minimum absolute atomic E-state index is 0.0164. The number of carboxylic acid groups (broad SMARTS) is 1. The minimum Gasteiger partial charge on any atom is -0.490 e. The van der Waals surface area contributed by atoms with Gasteiger partial charge in [-0.15, -0.1) is 0 Å². The molecule has 0 radical (unpaired) electrons. The number of benzene rings is 2. The maximum Gasteiger partial charge on any atom is 0.335 e. The zero-order valence-electron chi connectivity index (χ0n) is 33.4. The second-order valence-electron chi connectivity index (χ2n) is 15.6. The number of carboxylic acids is 1. The van der Waals surface area contributed by atoms with Gasteiger partial charge in [-0.2, -0.15) is 4.98 Å². The Balaban J connectivity index is 1.38. The molecule has 0 amide bonds. The van der Waals surface area contributed by atoms with Gasteiger partial charge in [0.25, 0.3) is 15.9 Å². The summed E-state index contributed by atoms with van der Waals surface area (Å²) in [5.74, 6) is -1.30. The molecule has 0 bridgehead atoms. The van der Waals surface area contributed by atoms with Gasteiger partial charge in [-0.3, -0.25) is 4.98 Å². The number of hydrogen-bond acceptors (Lipinski definition) is 11. The van der Waals surface area contributed by atoms with Crippen LogP contribution in [0.5, 0.6) is 11.6 Å². The number of aromatic carboxylic acids is 1. The minimum atomic E-state index is -4.33. The molecule has 15 heteroatoms. The normalized spacial score (nSPS) is 17.9. The van der Waals surface area contributed by atoms with Gasteiger partial charge in [0.1, 0.15) is 17.8 Å². The van der Waals surface area contributed by atoms with E-state index in [1.165, 1.54) is 25.3 Å². The third-order valence-corrected chi connectivity index (χ3v) is 11.3. The number of rotatable bonds is 12. The van der Waals surface area contributed by atoms with Crippen LogP contribution in [0.25, 0.3) is 22.4 Å². The first-order chi connectivity index (χ1) is 26.5. The lowest BCUT2D eigenvalue weighted by molar-refractivity contribution is -0.0251. The molecule has 6 rings (SSSR count). The maximum absolute atomic E-state index is 13.6. The number of carbonyl (C=O) groups is 1. The van der Waals surface area contributed by atoms with Crippen molar-refractivity contribution >= 4 is 33.1 Å². The number of anilines is 1. The van der Waals surface area contributed by atoms with E-state index in [0.717, 1.165) is 64.6 Å². The van der Waals surface area contributed by atoms with E-state index in [4.69, 9.17) is 24.2 Å². The van der Waals surface area contributed by atoms with Crippen LogP contribution in [0.3, 0.4) is 0 Å². The molecule has 0 aliphatic carbocycles. The molecule has 3 atom stereocenters. The quantitative estimate of drug-likeness (QED) is 0.119. The van der Waals surface area contributed by atoms with Crippen molar-refractivity contribution in [3.05, 3.63) is 82.8 Å². The summed E-state index contributed by atoms with van der Waals surface area (Å²) in [6.45, 7) is 14.4. The number of ether oxygens (including phenoxy) is 3. The molecule has 298 valence electrons. The van der Waals surface area contributed by atoms with Crippen LogP contribution < -0.4 is 19.5 Å². The Kier molecular flexibility index (Phi) is 11.7. The molecule has 5 aromatic rings. The predicted molar refractivity (Wildman–Crippen MR) is 214 cm³/mol. The van der Waals surface area contributed by atoms with Crippen molar-refractivity contribution in [2.45, 2.75) is 102 Å². The van der Waals surface area contributed by atoms with E-state index in [1.807, 2.05) is 59.1 Å². The molecule has 4 heterocycles. The average molecular weight is 786 g/mol. The number of fused-ring (bicyclic) bond motifs is 1. The SMILES string of the molecule is COc1c(OC[C@H]2N[C@@H](c3cnc4cc(C(C)(C)C)n(C)c4n3)CCC[C@@H]2OC(C)C)nc(NS(=O)(=O)c2cccc(C(=O)O)c2)nc1-c1c(C)cccc1C. The van der Waals surface area contributed by atoms with Crippen LogP contribution in [0.4, 0.5) is 5.95 Å². The Morgan fingerprint density at radius 2 is 1.77 bits per heavy atom. The van der Waals surface area contributed by atoms with E-state index in [2.05, 4.69) is 51.4 Å². The summed E-state index contributed by atoms with van der Waals surface area (Å²) in [6.07, 6.45) is 3.98. The predicted octanol–water partition coefficient (Wildman–Crippen LogP) is 6.90. The number of aromatic nitrogens is 5. The summed E-state index contributed by atoms with van der Waals surface area (Å²) in [5, 5.41) is 13.3. The molecular weight excluding hydrogens is 735 g/mol. The van der Waals surface area contributed by atoms with Gasteiger partial charge in [-0.05, 0) is 82.3 Å². The lowest BCUT2D eigenvalue weighted by Gasteiger charge is -2.30. The van der Waals surface area contributed by atoms with Crippen LogP contribution in [0, 0.1) is 13.8 Å². The monoisotopic (exact) mass is 785 g/mol. The third kappa shape index (κ3) is 8.64. The number of methoxy groups -OCH3 is 1. The van der Waals surface area contributed by atoms with Gasteiger partial charge in [0, 0.05) is 23.7 Å². The van der Waals surface area contributed by atoms with Gasteiger partial charge in [-0.1, -0.05) is 45.0 Å². The van der Waals surface area contributed by atoms with Crippen molar-refractivity contribution in [2.24, 2.45) is 7.05 Å². The van der Waals surface area contributed by atoms with Gasteiger partial charge in [-0.25, -0.2) is 27.9 Å². The molecule has 1 aliphatic heterocycles. The van der Waals surface area contributed by atoms with Gasteiger partial charge in [0.05, 0.1) is 53.8 Å². The standard InChI is InChI=1S/C41H51N7O7S/c1-23(2)55-32-18-12-17-28(30-21-42-29-20-33(41(5,6)7)48(8)37(29)44-30)43-31(32)22-54-38-36(53-9)35(34-24(3)13-10-14-25(34)4)45-40(46-38)47-56(51,52)27-16-11-15-26(19-27)39(49)50/h10-11,13-16,19-21,23,28,31-32,43H,12,17-18,22H2,1-9H3,(H,49,50)(H,45,46,47)/t28-,31-,32+/m1/s1. The summed E-state index contributed by atoms with van der Waals surface area (Å²) in [5.41, 5.74) is 6.16. The number of hydrogen-bond donors (Lipinski definition) is 3. The third-order valence-electron chi connectivity index (χ3n) is 9.94. The van der Waals surface area contributed by atoms with E-state index in [-0.39, 0.29) is 64.4 Å². The molecule has 14 nitrogen and oxygen atoms in total. The van der Waals surface area contributed by atoms with Crippen molar-refractivity contribution in [1.82, 2.24) is 29.8 Å². The smallest absolute Gasteiger partial charge is 0.335 e. The van der Waals surface area contributed by atoms with Gasteiger partial charge >= 0.3 is 5.97 Å². The lowest BCUT2D eigenvalue weighted by atomic mass is 9.92. The summed E-state index contributed by atoms with van der Waals surface area (Å²) >= 11 is 0. The molecule has 3 aromatic heterocycles. The maximum atomic E-state index is 13.6. The largest absolute Gasteiger partial charge is 0.490 e. The van der Waals surface area contributed by atoms with Gasteiger partial charge < -0.3 is 29.2 Å². The summed E-state index contributed by atoms with van der Waals surface area (Å²) < 4.78 is 50.7.